The Morgan fingerprint density at radius 3 is 2.65 bits per heavy atom. The highest BCUT2D eigenvalue weighted by Crippen LogP contribution is 2.28. The van der Waals surface area contributed by atoms with Gasteiger partial charge < -0.3 is 5.32 Å². The van der Waals surface area contributed by atoms with Crippen molar-refractivity contribution in [1.29, 1.82) is 0 Å². The van der Waals surface area contributed by atoms with Crippen molar-refractivity contribution in [2.45, 2.75) is 0 Å². The van der Waals surface area contributed by atoms with E-state index in [0.717, 1.165) is 0 Å². The Balaban J connectivity index is 2.38. The van der Waals surface area contributed by atoms with E-state index in [1.807, 2.05) is 0 Å². The molecule has 0 spiro atoms. The van der Waals surface area contributed by atoms with E-state index in [0.29, 0.717) is 0 Å². The maximum absolute atomic E-state index is 13.6. The Kier molecular flexibility index (Phi) is 3.66. The van der Waals surface area contributed by atoms with Crippen molar-refractivity contribution in [3.8, 4) is 0 Å². The molecular formula is C10H5Cl3FN3. The first-order valence-electron chi connectivity index (χ1n) is 4.47. The van der Waals surface area contributed by atoms with E-state index >= 15 is 0 Å². The summed E-state index contributed by atoms with van der Waals surface area (Å²) < 4.78 is 13.6. The van der Waals surface area contributed by atoms with Crippen molar-refractivity contribution in [3.05, 3.63) is 45.5 Å². The SMILES string of the molecule is Fc1c(Cl)cccc1Nc1nc(Cl)ncc1Cl. The number of rotatable bonds is 2. The number of halogens is 4. The second-order valence-corrected chi connectivity index (χ2v) is 4.21. The zero-order valence-electron chi connectivity index (χ0n) is 8.22. The smallest absolute Gasteiger partial charge is 0.224 e. The highest BCUT2D eigenvalue weighted by atomic mass is 35.5. The van der Waals surface area contributed by atoms with E-state index in [-0.39, 0.29) is 26.8 Å². The van der Waals surface area contributed by atoms with E-state index in [2.05, 4.69) is 15.3 Å². The summed E-state index contributed by atoms with van der Waals surface area (Å²) in [6.45, 7) is 0. The Morgan fingerprint density at radius 2 is 1.88 bits per heavy atom. The number of hydrogen-bond donors (Lipinski definition) is 1. The predicted molar refractivity (Wildman–Crippen MR) is 66.7 cm³/mol. The van der Waals surface area contributed by atoms with Crippen molar-refractivity contribution in [3.63, 3.8) is 0 Å². The van der Waals surface area contributed by atoms with Crippen LogP contribution in [-0.2, 0) is 0 Å². The van der Waals surface area contributed by atoms with Crippen LogP contribution in [0.4, 0.5) is 15.9 Å². The number of nitrogens with one attached hydrogen (secondary N) is 1. The largest absolute Gasteiger partial charge is 0.336 e. The molecule has 0 radical (unpaired) electrons. The van der Waals surface area contributed by atoms with Crippen LogP contribution in [0.25, 0.3) is 0 Å². The second kappa shape index (κ2) is 5.04. The molecule has 1 aromatic carbocycles. The maximum atomic E-state index is 13.6. The van der Waals surface area contributed by atoms with Gasteiger partial charge in [0.25, 0.3) is 0 Å². The van der Waals surface area contributed by atoms with Gasteiger partial charge in [-0.1, -0.05) is 29.3 Å². The third-order valence-corrected chi connectivity index (χ3v) is 2.67. The number of nitrogens with zero attached hydrogens (tertiary/aromatic N) is 2. The van der Waals surface area contributed by atoms with Crippen LogP contribution in [0.1, 0.15) is 0 Å². The Bertz CT molecular complexity index is 562. The molecule has 1 heterocycles. The van der Waals surface area contributed by atoms with Crippen molar-refractivity contribution < 1.29 is 4.39 Å². The average molecular weight is 293 g/mol. The van der Waals surface area contributed by atoms with Gasteiger partial charge in [0.05, 0.1) is 16.9 Å². The van der Waals surface area contributed by atoms with Crippen molar-refractivity contribution >= 4 is 46.3 Å². The number of aromatic nitrogens is 2. The van der Waals surface area contributed by atoms with Crippen LogP contribution < -0.4 is 5.32 Å². The molecule has 1 aromatic heterocycles. The summed E-state index contributed by atoms with van der Waals surface area (Å²) in [5.41, 5.74) is 0.161. The molecule has 0 unspecified atom stereocenters. The van der Waals surface area contributed by atoms with E-state index < -0.39 is 5.82 Å². The van der Waals surface area contributed by atoms with Crippen molar-refractivity contribution in [1.82, 2.24) is 9.97 Å². The molecule has 0 aliphatic heterocycles. The molecule has 0 fully saturated rings. The summed E-state index contributed by atoms with van der Waals surface area (Å²) in [4.78, 5) is 7.52. The quantitative estimate of drug-likeness (QED) is 0.838. The summed E-state index contributed by atoms with van der Waals surface area (Å²) in [5, 5.41) is 2.94. The fraction of sp³-hybridized carbons (Fsp3) is 0. The van der Waals surface area contributed by atoms with Crippen LogP contribution in [0.3, 0.4) is 0 Å². The Morgan fingerprint density at radius 1 is 1.12 bits per heavy atom. The summed E-state index contributed by atoms with van der Waals surface area (Å²) in [6, 6.07) is 4.55. The standard InChI is InChI=1S/C10H5Cl3FN3/c11-5-2-1-3-7(8(5)14)16-9-6(12)4-15-10(13)17-9/h1-4H,(H,15,16,17). The van der Waals surface area contributed by atoms with E-state index in [1.165, 1.54) is 18.3 Å². The monoisotopic (exact) mass is 291 g/mol. The minimum absolute atomic E-state index is 0.00581. The first-order valence-corrected chi connectivity index (χ1v) is 5.60. The van der Waals surface area contributed by atoms with Crippen LogP contribution >= 0.6 is 34.8 Å². The molecule has 2 rings (SSSR count). The summed E-state index contributed by atoms with van der Waals surface area (Å²) >= 11 is 17.1. The van der Waals surface area contributed by atoms with E-state index in [4.69, 9.17) is 34.8 Å². The van der Waals surface area contributed by atoms with Crippen LogP contribution in [0.5, 0.6) is 0 Å². The fourth-order valence-corrected chi connectivity index (χ4v) is 1.61. The molecule has 17 heavy (non-hydrogen) atoms. The number of anilines is 2. The highest BCUT2D eigenvalue weighted by Gasteiger charge is 2.09. The second-order valence-electron chi connectivity index (χ2n) is 3.06. The van der Waals surface area contributed by atoms with Gasteiger partial charge in [-0.2, -0.15) is 4.98 Å². The van der Waals surface area contributed by atoms with Gasteiger partial charge in [-0.05, 0) is 23.7 Å². The summed E-state index contributed by atoms with van der Waals surface area (Å²) in [5.74, 6) is -0.368. The average Bonchev–Trinajstić information content (AvgIpc) is 2.30. The number of hydrogen-bond acceptors (Lipinski definition) is 3. The maximum Gasteiger partial charge on any atom is 0.224 e. The Labute approximate surface area is 112 Å². The van der Waals surface area contributed by atoms with Gasteiger partial charge >= 0.3 is 0 Å². The first kappa shape index (κ1) is 12.4. The predicted octanol–water partition coefficient (Wildman–Crippen LogP) is 4.32. The van der Waals surface area contributed by atoms with Gasteiger partial charge in [0, 0.05) is 0 Å². The minimum atomic E-state index is -0.583. The topological polar surface area (TPSA) is 37.8 Å². The molecule has 0 aliphatic rings. The molecule has 2 aromatic rings. The molecule has 0 atom stereocenters. The summed E-state index contributed by atoms with van der Waals surface area (Å²) in [7, 11) is 0. The van der Waals surface area contributed by atoms with Gasteiger partial charge in [0.15, 0.2) is 11.6 Å². The lowest BCUT2D eigenvalue weighted by atomic mass is 10.3. The molecule has 88 valence electrons. The lowest BCUT2D eigenvalue weighted by molar-refractivity contribution is 0.632. The molecule has 1 N–H and O–H groups in total. The van der Waals surface area contributed by atoms with Crippen LogP contribution in [0.2, 0.25) is 15.3 Å². The summed E-state index contributed by atoms with van der Waals surface area (Å²) in [6.07, 6.45) is 1.32. The van der Waals surface area contributed by atoms with Gasteiger partial charge in [0.2, 0.25) is 5.28 Å². The van der Waals surface area contributed by atoms with Crippen molar-refractivity contribution in [2.24, 2.45) is 0 Å². The molecular weight excluding hydrogens is 287 g/mol. The molecule has 3 nitrogen and oxygen atoms in total. The molecule has 0 saturated heterocycles. The zero-order valence-corrected chi connectivity index (χ0v) is 10.5. The van der Waals surface area contributed by atoms with Gasteiger partial charge in [-0.3, -0.25) is 0 Å². The number of benzene rings is 1. The van der Waals surface area contributed by atoms with Crippen LogP contribution in [-0.4, -0.2) is 9.97 Å². The van der Waals surface area contributed by atoms with Gasteiger partial charge in [-0.15, -0.1) is 0 Å². The molecule has 0 saturated carbocycles. The third-order valence-electron chi connectivity index (χ3n) is 1.92. The molecule has 7 heteroatoms. The Hall–Kier alpha value is -1.10. The lowest BCUT2D eigenvalue weighted by Crippen LogP contribution is -1.98. The lowest BCUT2D eigenvalue weighted by Gasteiger charge is -2.08. The molecule has 0 bridgehead atoms. The van der Waals surface area contributed by atoms with Crippen LogP contribution in [0, 0.1) is 5.82 Å². The van der Waals surface area contributed by atoms with Crippen molar-refractivity contribution in [2.75, 3.05) is 5.32 Å². The van der Waals surface area contributed by atoms with E-state index in [9.17, 15) is 4.39 Å². The van der Waals surface area contributed by atoms with Gasteiger partial charge in [0.1, 0.15) is 5.02 Å². The molecule has 0 amide bonds. The fourth-order valence-electron chi connectivity index (χ4n) is 1.16. The van der Waals surface area contributed by atoms with E-state index in [1.54, 1.807) is 6.07 Å². The molecule has 0 aliphatic carbocycles. The first-order chi connectivity index (χ1) is 8.08. The third kappa shape index (κ3) is 2.77. The zero-order chi connectivity index (χ0) is 12.4. The minimum Gasteiger partial charge on any atom is -0.336 e. The normalized spacial score (nSPS) is 10.4. The highest BCUT2D eigenvalue weighted by molar-refractivity contribution is 6.33. The van der Waals surface area contributed by atoms with Crippen LogP contribution in [0.15, 0.2) is 24.4 Å². The van der Waals surface area contributed by atoms with Gasteiger partial charge in [-0.25, -0.2) is 9.37 Å².